The van der Waals surface area contributed by atoms with Crippen LogP contribution in [0.2, 0.25) is 0 Å². The van der Waals surface area contributed by atoms with E-state index in [1.807, 2.05) is 26.0 Å². The van der Waals surface area contributed by atoms with Gasteiger partial charge in [-0.2, -0.15) is 0 Å². The fourth-order valence-electron chi connectivity index (χ4n) is 1.85. The van der Waals surface area contributed by atoms with Crippen LogP contribution < -0.4 is 9.47 Å². The number of hydrogen-bond donors (Lipinski definition) is 1. The molecule has 1 atom stereocenters. The summed E-state index contributed by atoms with van der Waals surface area (Å²) in [5.41, 5.74) is 1.78. The van der Waals surface area contributed by atoms with Crippen LogP contribution in [0, 0.1) is 13.8 Å². The molecule has 0 unspecified atom stereocenters. The zero-order valence-corrected chi connectivity index (χ0v) is 13.0. The Hall–Kier alpha value is -1.59. The lowest BCUT2D eigenvalue weighted by Crippen LogP contribution is -2.01. The van der Waals surface area contributed by atoms with Crippen LogP contribution >= 0.6 is 11.3 Å². The fraction of sp³-hybridized carbons (Fsp3) is 0.400. The molecule has 0 fully saturated rings. The van der Waals surface area contributed by atoms with E-state index >= 15 is 0 Å². The minimum atomic E-state index is -0.587. The summed E-state index contributed by atoms with van der Waals surface area (Å²) in [7, 11) is 1.61. The maximum Gasteiger partial charge on any atom is 0.140 e. The summed E-state index contributed by atoms with van der Waals surface area (Å²) < 4.78 is 11.0. The van der Waals surface area contributed by atoms with E-state index in [0.717, 1.165) is 16.3 Å². The Morgan fingerprint density at radius 3 is 2.65 bits per heavy atom. The SMILES string of the molecule is COc1ccc([C@@H](C)O)c(OCc2nc(C)c(C)s2)c1. The van der Waals surface area contributed by atoms with Crippen molar-refractivity contribution in [1.82, 2.24) is 4.98 Å². The third kappa shape index (κ3) is 3.29. The van der Waals surface area contributed by atoms with Gasteiger partial charge in [0.15, 0.2) is 0 Å². The minimum absolute atomic E-state index is 0.395. The monoisotopic (exact) mass is 293 g/mol. The van der Waals surface area contributed by atoms with E-state index in [1.165, 1.54) is 4.88 Å². The van der Waals surface area contributed by atoms with Gasteiger partial charge in [-0.1, -0.05) is 0 Å². The Morgan fingerprint density at radius 1 is 1.35 bits per heavy atom. The molecule has 0 aliphatic carbocycles. The molecule has 2 aromatic rings. The van der Waals surface area contributed by atoms with Crippen molar-refractivity contribution in [3.05, 3.63) is 39.3 Å². The number of aromatic nitrogens is 1. The molecule has 0 spiro atoms. The Morgan fingerprint density at radius 2 is 2.10 bits per heavy atom. The molecule has 108 valence electrons. The molecule has 0 aliphatic rings. The first-order chi connectivity index (χ1) is 9.51. The maximum atomic E-state index is 9.78. The highest BCUT2D eigenvalue weighted by atomic mass is 32.1. The summed E-state index contributed by atoms with van der Waals surface area (Å²) in [6, 6.07) is 5.42. The molecule has 4 nitrogen and oxygen atoms in total. The Balaban J connectivity index is 2.18. The van der Waals surface area contributed by atoms with E-state index < -0.39 is 6.10 Å². The largest absolute Gasteiger partial charge is 0.497 e. The van der Waals surface area contributed by atoms with Gasteiger partial charge in [-0.15, -0.1) is 11.3 Å². The third-order valence-corrected chi connectivity index (χ3v) is 4.14. The molecule has 20 heavy (non-hydrogen) atoms. The van der Waals surface area contributed by atoms with Gasteiger partial charge >= 0.3 is 0 Å². The van der Waals surface area contributed by atoms with E-state index in [0.29, 0.717) is 18.1 Å². The van der Waals surface area contributed by atoms with Crippen LogP contribution in [0.5, 0.6) is 11.5 Å². The second-order valence-corrected chi connectivity index (χ2v) is 5.91. The minimum Gasteiger partial charge on any atom is -0.497 e. The van der Waals surface area contributed by atoms with Crippen molar-refractivity contribution in [2.45, 2.75) is 33.5 Å². The Kier molecular flexibility index (Phi) is 4.62. The van der Waals surface area contributed by atoms with Crippen LogP contribution in [0.1, 0.15) is 34.2 Å². The van der Waals surface area contributed by atoms with E-state index in [1.54, 1.807) is 31.4 Å². The lowest BCUT2D eigenvalue weighted by Gasteiger charge is -2.14. The third-order valence-electron chi connectivity index (χ3n) is 3.09. The van der Waals surface area contributed by atoms with Crippen molar-refractivity contribution in [3.63, 3.8) is 0 Å². The summed E-state index contributed by atoms with van der Waals surface area (Å²) in [6.45, 7) is 6.14. The predicted molar refractivity (Wildman–Crippen MR) is 79.5 cm³/mol. The number of rotatable bonds is 5. The summed E-state index contributed by atoms with van der Waals surface area (Å²) in [5.74, 6) is 1.33. The molecule has 0 aliphatic heterocycles. The molecule has 1 aromatic carbocycles. The quantitative estimate of drug-likeness (QED) is 0.918. The van der Waals surface area contributed by atoms with E-state index in [2.05, 4.69) is 4.98 Å². The number of aliphatic hydroxyl groups excluding tert-OH is 1. The Bertz CT molecular complexity index is 573. The molecule has 0 amide bonds. The summed E-state index contributed by atoms with van der Waals surface area (Å²) in [6.07, 6.45) is -0.587. The first-order valence-corrected chi connectivity index (χ1v) is 7.24. The summed E-state index contributed by atoms with van der Waals surface area (Å²) in [4.78, 5) is 5.64. The predicted octanol–water partition coefficient (Wildman–Crippen LogP) is 3.40. The van der Waals surface area contributed by atoms with Crippen LogP contribution in [0.15, 0.2) is 18.2 Å². The molecule has 2 rings (SSSR count). The number of hydrogen-bond acceptors (Lipinski definition) is 5. The van der Waals surface area contributed by atoms with E-state index in [-0.39, 0.29) is 0 Å². The van der Waals surface area contributed by atoms with Gasteiger partial charge < -0.3 is 14.6 Å². The first kappa shape index (κ1) is 14.8. The molecular weight excluding hydrogens is 274 g/mol. The number of benzene rings is 1. The van der Waals surface area contributed by atoms with Crippen molar-refractivity contribution in [3.8, 4) is 11.5 Å². The van der Waals surface area contributed by atoms with Crippen molar-refractivity contribution in [1.29, 1.82) is 0 Å². The zero-order chi connectivity index (χ0) is 14.7. The lowest BCUT2D eigenvalue weighted by molar-refractivity contribution is 0.190. The van der Waals surface area contributed by atoms with Crippen LogP contribution in [0.3, 0.4) is 0 Å². The number of ether oxygens (including phenoxy) is 2. The van der Waals surface area contributed by atoms with Crippen LogP contribution in [-0.4, -0.2) is 17.2 Å². The van der Waals surface area contributed by atoms with Crippen molar-refractivity contribution in [2.75, 3.05) is 7.11 Å². The highest BCUT2D eigenvalue weighted by Gasteiger charge is 2.12. The molecule has 1 N–H and O–H groups in total. The molecule has 1 aromatic heterocycles. The standard InChI is InChI=1S/C15H19NO3S/c1-9-11(3)20-15(16-9)8-19-14-7-12(18-4)5-6-13(14)10(2)17/h5-7,10,17H,8H2,1-4H3/t10-/m1/s1. The topological polar surface area (TPSA) is 51.6 Å². The zero-order valence-electron chi connectivity index (χ0n) is 12.1. The van der Waals surface area contributed by atoms with Crippen molar-refractivity contribution >= 4 is 11.3 Å². The van der Waals surface area contributed by atoms with Gasteiger partial charge in [0.2, 0.25) is 0 Å². The lowest BCUT2D eigenvalue weighted by atomic mass is 10.1. The summed E-state index contributed by atoms with van der Waals surface area (Å²) in [5, 5.41) is 10.7. The van der Waals surface area contributed by atoms with Crippen LogP contribution in [0.25, 0.3) is 0 Å². The summed E-state index contributed by atoms with van der Waals surface area (Å²) >= 11 is 1.63. The van der Waals surface area contributed by atoms with Crippen molar-refractivity contribution < 1.29 is 14.6 Å². The second-order valence-electron chi connectivity index (χ2n) is 4.62. The van der Waals surface area contributed by atoms with Gasteiger partial charge in [-0.05, 0) is 32.9 Å². The van der Waals surface area contributed by atoms with Gasteiger partial charge in [-0.3, -0.25) is 0 Å². The first-order valence-electron chi connectivity index (χ1n) is 6.43. The number of aliphatic hydroxyl groups is 1. The van der Waals surface area contributed by atoms with Gasteiger partial charge in [0.1, 0.15) is 23.1 Å². The number of nitrogens with zero attached hydrogens (tertiary/aromatic N) is 1. The number of aryl methyl sites for hydroxylation is 2. The smallest absolute Gasteiger partial charge is 0.140 e. The number of thiazole rings is 1. The maximum absolute atomic E-state index is 9.78. The van der Waals surface area contributed by atoms with E-state index in [9.17, 15) is 5.11 Å². The molecule has 0 radical (unpaired) electrons. The molecule has 0 saturated heterocycles. The molecule has 0 saturated carbocycles. The van der Waals surface area contributed by atoms with E-state index in [4.69, 9.17) is 9.47 Å². The van der Waals surface area contributed by atoms with Gasteiger partial charge in [0, 0.05) is 16.5 Å². The second kappa shape index (κ2) is 6.24. The van der Waals surface area contributed by atoms with Gasteiger partial charge in [0.05, 0.1) is 18.9 Å². The molecular formula is C15H19NO3S. The molecule has 5 heteroatoms. The molecule has 1 heterocycles. The number of methoxy groups -OCH3 is 1. The highest BCUT2D eigenvalue weighted by Crippen LogP contribution is 2.30. The van der Waals surface area contributed by atoms with Crippen molar-refractivity contribution in [2.24, 2.45) is 0 Å². The average Bonchev–Trinajstić information content (AvgIpc) is 2.75. The van der Waals surface area contributed by atoms with Gasteiger partial charge in [0.25, 0.3) is 0 Å². The average molecular weight is 293 g/mol. The van der Waals surface area contributed by atoms with Crippen LogP contribution in [-0.2, 0) is 6.61 Å². The highest BCUT2D eigenvalue weighted by molar-refractivity contribution is 7.11. The fourth-order valence-corrected chi connectivity index (χ4v) is 2.70. The van der Waals surface area contributed by atoms with Crippen LogP contribution in [0.4, 0.5) is 0 Å². The molecule has 0 bridgehead atoms. The van der Waals surface area contributed by atoms with Gasteiger partial charge in [-0.25, -0.2) is 4.98 Å². The Labute approximate surface area is 123 Å². The normalized spacial score (nSPS) is 12.2.